The number of hydrogen-bond acceptors (Lipinski definition) is 5. The summed E-state index contributed by atoms with van der Waals surface area (Å²) in [7, 11) is 0. The Balaban J connectivity index is 1.34. The molecular formula is C22H23N5O2S. The zero-order valence-electron chi connectivity index (χ0n) is 17.0. The molecule has 7 nitrogen and oxygen atoms in total. The van der Waals surface area contributed by atoms with E-state index in [4.69, 9.17) is 0 Å². The van der Waals surface area contributed by atoms with Gasteiger partial charge >= 0.3 is 0 Å². The Labute approximate surface area is 178 Å². The number of fused-ring (bicyclic) bond motifs is 1. The van der Waals surface area contributed by atoms with Crippen molar-refractivity contribution in [1.29, 1.82) is 0 Å². The molecule has 0 spiro atoms. The molecule has 1 N–H and O–H groups in total. The lowest BCUT2D eigenvalue weighted by Gasteiger charge is -2.09. The summed E-state index contributed by atoms with van der Waals surface area (Å²) in [5, 5.41) is 7.81. The second-order valence-electron chi connectivity index (χ2n) is 7.26. The lowest BCUT2D eigenvalue weighted by molar-refractivity contribution is -0.121. The van der Waals surface area contributed by atoms with Crippen LogP contribution in [0.1, 0.15) is 28.0 Å². The third-order valence-corrected chi connectivity index (χ3v) is 6.24. The maximum absolute atomic E-state index is 12.7. The van der Waals surface area contributed by atoms with Gasteiger partial charge in [0.05, 0.1) is 18.3 Å². The predicted octanol–water partition coefficient (Wildman–Crippen LogP) is 3.03. The molecule has 0 aliphatic heterocycles. The number of thiophene rings is 1. The van der Waals surface area contributed by atoms with E-state index in [9.17, 15) is 9.59 Å². The van der Waals surface area contributed by atoms with Crippen molar-refractivity contribution >= 4 is 27.5 Å². The summed E-state index contributed by atoms with van der Waals surface area (Å²) in [4.78, 5) is 31.3. The van der Waals surface area contributed by atoms with Gasteiger partial charge in [-0.25, -0.2) is 4.98 Å². The largest absolute Gasteiger partial charge is 0.352 e. The van der Waals surface area contributed by atoms with Crippen molar-refractivity contribution in [3.8, 4) is 0 Å². The van der Waals surface area contributed by atoms with Crippen LogP contribution in [0.15, 0.2) is 53.8 Å². The van der Waals surface area contributed by atoms with Gasteiger partial charge in [0, 0.05) is 36.8 Å². The number of nitrogens with one attached hydrogen (secondary N) is 1. The SMILES string of the molecule is Cc1sc2ncn(CCC(=O)NCc3cccc(Cn4cccn4)c3)c(=O)c2c1C. The molecule has 3 aromatic heterocycles. The van der Waals surface area contributed by atoms with Gasteiger partial charge in [-0.15, -0.1) is 11.3 Å². The number of carbonyl (C=O) groups is 1. The van der Waals surface area contributed by atoms with Gasteiger partial charge in [-0.1, -0.05) is 24.3 Å². The van der Waals surface area contributed by atoms with Crippen molar-refractivity contribution in [3.05, 3.63) is 81.0 Å². The van der Waals surface area contributed by atoms with Crippen molar-refractivity contribution in [2.75, 3.05) is 0 Å². The minimum absolute atomic E-state index is 0.0824. The molecule has 3 heterocycles. The molecule has 30 heavy (non-hydrogen) atoms. The highest BCUT2D eigenvalue weighted by Gasteiger charge is 2.12. The van der Waals surface area contributed by atoms with Crippen molar-refractivity contribution < 1.29 is 4.79 Å². The van der Waals surface area contributed by atoms with E-state index in [1.165, 1.54) is 22.2 Å². The van der Waals surface area contributed by atoms with Crippen LogP contribution in [0.2, 0.25) is 0 Å². The minimum Gasteiger partial charge on any atom is -0.352 e. The highest BCUT2D eigenvalue weighted by molar-refractivity contribution is 7.18. The number of aromatic nitrogens is 4. The molecule has 0 atom stereocenters. The Morgan fingerprint density at radius 1 is 1.20 bits per heavy atom. The van der Waals surface area contributed by atoms with E-state index < -0.39 is 0 Å². The van der Waals surface area contributed by atoms with Crippen LogP contribution < -0.4 is 10.9 Å². The molecule has 0 unspecified atom stereocenters. The van der Waals surface area contributed by atoms with Gasteiger partial charge in [0.1, 0.15) is 4.83 Å². The molecule has 1 amide bonds. The van der Waals surface area contributed by atoms with E-state index in [2.05, 4.69) is 21.5 Å². The van der Waals surface area contributed by atoms with Gasteiger partial charge in [-0.05, 0) is 36.6 Å². The molecule has 8 heteroatoms. The van der Waals surface area contributed by atoms with Crippen LogP contribution in [-0.4, -0.2) is 25.2 Å². The molecule has 4 rings (SSSR count). The van der Waals surface area contributed by atoms with Crippen LogP contribution in [0.25, 0.3) is 10.2 Å². The van der Waals surface area contributed by atoms with Crippen LogP contribution in [0.5, 0.6) is 0 Å². The van der Waals surface area contributed by atoms with Crippen LogP contribution in [0.3, 0.4) is 0 Å². The fourth-order valence-electron chi connectivity index (χ4n) is 3.36. The number of hydrogen-bond donors (Lipinski definition) is 1. The van der Waals surface area contributed by atoms with Crippen molar-refractivity contribution in [3.63, 3.8) is 0 Å². The van der Waals surface area contributed by atoms with Gasteiger partial charge in [-0.2, -0.15) is 5.10 Å². The number of aryl methyl sites for hydroxylation is 3. The van der Waals surface area contributed by atoms with E-state index in [0.29, 0.717) is 25.0 Å². The molecular weight excluding hydrogens is 398 g/mol. The zero-order chi connectivity index (χ0) is 21.1. The molecule has 0 radical (unpaired) electrons. The third-order valence-electron chi connectivity index (χ3n) is 5.12. The summed E-state index contributed by atoms with van der Waals surface area (Å²) in [6.07, 6.45) is 5.43. The molecule has 0 saturated carbocycles. The molecule has 4 aromatic rings. The Morgan fingerprint density at radius 3 is 2.83 bits per heavy atom. The fourth-order valence-corrected chi connectivity index (χ4v) is 4.35. The highest BCUT2D eigenvalue weighted by Crippen LogP contribution is 2.25. The lowest BCUT2D eigenvalue weighted by atomic mass is 10.1. The maximum atomic E-state index is 12.7. The third kappa shape index (κ3) is 4.33. The molecule has 0 saturated heterocycles. The number of nitrogens with zero attached hydrogens (tertiary/aromatic N) is 4. The summed E-state index contributed by atoms with van der Waals surface area (Å²) < 4.78 is 3.38. The number of rotatable bonds is 7. The van der Waals surface area contributed by atoms with Gasteiger partial charge in [0.25, 0.3) is 5.56 Å². The van der Waals surface area contributed by atoms with Crippen LogP contribution in [0, 0.1) is 13.8 Å². The van der Waals surface area contributed by atoms with Gasteiger partial charge in [-0.3, -0.25) is 18.8 Å². The molecule has 0 aliphatic carbocycles. The van der Waals surface area contributed by atoms with Crippen LogP contribution in [-0.2, 0) is 24.4 Å². The van der Waals surface area contributed by atoms with Gasteiger partial charge in [0.2, 0.25) is 5.91 Å². The lowest BCUT2D eigenvalue weighted by Crippen LogP contribution is -2.27. The first-order chi connectivity index (χ1) is 14.5. The van der Waals surface area contributed by atoms with Gasteiger partial charge in [0.15, 0.2) is 0 Å². The zero-order valence-corrected chi connectivity index (χ0v) is 17.8. The first kappa shape index (κ1) is 20.0. The van der Waals surface area contributed by atoms with Crippen molar-refractivity contribution in [2.24, 2.45) is 0 Å². The topological polar surface area (TPSA) is 81.8 Å². The molecule has 1 aromatic carbocycles. The smallest absolute Gasteiger partial charge is 0.262 e. The second-order valence-corrected chi connectivity index (χ2v) is 8.46. The number of amides is 1. The van der Waals surface area contributed by atoms with E-state index in [1.807, 2.05) is 49.0 Å². The standard InChI is InChI=1S/C22H23N5O2S/c1-15-16(2)30-21-20(15)22(29)26(14-24-21)10-7-19(28)23-12-17-5-3-6-18(11-17)13-27-9-4-8-25-27/h3-6,8-9,11,14H,7,10,12-13H2,1-2H3,(H,23,28). The first-order valence-electron chi connectivity index (χ1n) is 9.78. The molecule has 0 aliphatic rings. The second kappa shape index (κ2) is 8.62. The predicted molar refractivity (Wildman–Crippen MR) is 118 cm³/mol. The average molecular weight is 422 g/mol. The van der Waals surface area contributed by atoms with E-state index in [0.717, 1.165) is 26.4 Å². The Hall–Kier alpha value is -3.26. The number of carbonyl (C=O) groups excluding carboxylic acids is 1. The highest BCUT2D eigenvalue weighted by atomic mass is 32.1. The minimum atomic E-state index is -0.0994. The summed E-state index contributed by atoms with van der Waals surface area (Å²) in [6.45, 7) is 5.37. The Bertz CT molecular complexity index is 1240. The fraction of sp³-hybridized carbons (Fsp3) is 0.273. The normalized spacial score (nSPS) is 11.1. The average Bonchev–Trinajstić information content (AvgIpc) is 3.34. The van der Waals surface area contributed by atoms with Crippen molar-refractivity contribution in [2.45, 2.75) is 39.9 Å². The van der Waals surface area contributed by atoms with E-state index in [1.54, 1.807) is 6.20 Å². The maximum Gasteiger partial charge on any atom is 0.262 e. The Morgan fingerprint density at radius 2 is 2.03 bits per heavy atom. The monoisotopic (exact) mass is 421 g/mol. The van der Waals surface area contributed by atoms with Gasteiger partial charge < -0.3 is 5.32 Å². The summed E-state index contributed by atoms with van der Waals surface area (Å²) in [5.41, 5.74) is 3.04. The quantitative estimate of drug-likeness (QED) is 0.497. The van der Waals surface area contributed by atoms with Crippen molar-refractivity contribution in [1.82, 2.24) is 24.6 Å². The summed E-state index contributed by atoms with van der Waals surface area (Å²) in [6, 6.07) is 9.95. The van der Waals surface area contributed by atoms with E-state index in [-0.39, 0.29) is 17.9 Å². The van der Waals surface area contributed by atoms with E-state index >= 15 is 0 Å². The van der Waals surface area contributed by atoms with Crippen LogP contribution >= 0.6 is 11.3 Å². The summed E-state index contributed by atoms with van der Waals surface area (Å²) >= 11 is 1.52. The molecule has 154 valence electrons. The molecule has 0 fully saturated rings. The Kier molecular flexibility index (Phi) is 5.76. The first-order valence-corrected chi connectivity index (χ1v) is 10.6. The number of benzene rings is 1. The summed E-state index contributed by atoms with van der Waals surface area (Å²) in [5.74, 6) is -0.0994. The molecule has 0 bridgehead atoms. The van der Waals surface area contributed by atoms with Crippen LogP contribution in [0.4, 0.5) is 0 Å².